The zero-order valence-corrected chi connectivity index (χ0v) is 15.7. The van der Waals surface area contributed by atoms with Crippen molar-refractivity contribution in [3.63, 3.8) is 0 Å². The number of halogens is 2. The molecule has 3 atom stereocenters. The number of H-pyrrole nitrogens is 1. The van der Waals surface area contributed by atoms with E-state index in [1.54, 1.807) is 4.08 Å². The van der Waals surface area contributed by atoms with Crippen molar-refractivity contribution >= 4 is 49.0 Å². The van der Waals surface area contributed by atoms with E-state index >= 15 is 0 Å². The predicted molar refractivity (Wildman–Crippen MR) is 93.4 cm³/mol. The highest BCUT2D eigenvalue weighted by Crippen LogP contribution is 2.30. The van der Waals surface area contributed by atoms with Gasteiger partial charge in [-0.15, -0.1) is 0 Å². The minimum atomic E-state index is -0.755. The highest BCUT2D eigenvalue weighted by Gasteiger charge is 2.38. The lowest BCUT2D eigenvalue weighted by molar-refractivity contribution is -0.150. The van der Waals surface area contributed by atoms with E-state index in [1.165, 1.54) is 17.7 Å². The fourth-order valence-electron chi connectivity index (χ4n) is 2.30. The summed E-state index contributed by atoms with van der Waals surface area (Å²) in [7, 11) is 0. The van der Waals surface area contributed by atoms with Crippen LogP contribution in [-0.4, -0.2) is 39.4 Å². The topological polar surface area (TPSA) is 111 Å². The van der Waals surface area contributed by atoms with E-state index < -0.39 is 35.7 Å². The molecular formula is C13H14BrIN2O6. The second-order valence-corrected chi connectivity index (χ2v) is 6.34. The van der Waals surface area contributed by atoms with Crippen molar-refractivity contribution in [1.82, 2.24) is 9.55 Å². The number of carbonyl (C=O) groups excluding carboxylic acids is 1. The molecule has 2 heterocycles. The number of aliphatic hydroxyl groups is 1. The number of aromatic amines is 1. The van der Waals surface area contributed by atoms with E-state index in [-0.39, 0.29) is 18.6 Å². The number of hydrogen-bond donors (Lipinski definition) is 2. The van der Waals surface area contributed by atoms with Gasteiger partial charge in [0.15, 0.2) is 0 Å². The molecule has 23 heavy (non-hydrogen) atoms. The SMILES string of the molecule is CC(=O)O[C@H]1C[C@H](n2cc(/C(Br)=C\I)c(=O)[nH]c2=O)O[C@@H]1CO. The Hall–Kier alpha value is -0.980. The molecule has 126 valence electrons. The number of rotatable bonds is 4. The highest BCUT2D eigenvalue weighted by atomic mass is 127. The molecule has 2 N–H and O–H groups in total. The fraction of sp³-hybridized carbons (Fsp3) is 0.462. The number of nitrogens with one attached hydrogen (secondary N) is 1. The molecule has 1 fully saturated rings. The van der Waals surface area contributed by atoms with Gasteiger partial charge in [0, 0.05) is 24.0 Å². The molecule has 0 saturated carbocycles. The van der Waals surface area contributed by atoms with Crippen molar-refractivity contribution in [3.8, 4) is 0 Å². The zero-order valence-electron chi connectivity index (χ0n) is 12.0. The molecule has 0 aromatic carbocycles. The van der Waals surface area contributed by atoms with Crippen molar-refractivity contribution in [2.45, 2.75) is 31.8 Å². The number of aliphatic hydroxyl groups excluding tert-OH is 1. The van der Waals surface area contributed by atoms with Gasteiger partial charge in [0.05, 0.1) is 12.2 Å². The van der Waals surface area contributed by atoms with Crippen LogP contribution in [0.4, 0.5) is 0 Å². The van der Waals surface area contributed by atoms with Gasteiger partial charge in [-0.25, -0.2) is 4.79 Å². The molecular weight excluding hydrogens is 487 g/mol. The summed E-state index contributed by atoms with van der Waals surface area (Å²) in [6, 6.07) is 0. The molecule has 0 unspecified atom stereocenters. The second kappa shape index (κ2) is 7.73. The monoisotopic (exact) mass is 500 g/mol. The number of hydrogen-bond acceptors (Lipinski definition) is 6. The summed E-state index contributed by atoms with van der Waals surface area (Å²) in [5.74, 6) is -0.497. The van der Waals surface area contributed by atoms with Crippen LogP contribution in [-0.2, 0) is 14.3 Å². The number of aromatic nitrogens is 2. The number of esters is 1. The lowest BCUT2D eigenvalue weighted by Gasteiger charge is -2.15. The Balaban J connectivity index is 2.37. The lowest BCUT2D eigenvalue weighted by Crippen LogP contribution is -2.33. The number of ether oxygens (including phenoxy) is 2. The second-order valence-electron chi connectivity index (χ2n) is 4.86. The summed E-state index contributed by atoms with van der Waals surface area (Å²) in [5.41, 5.74) is -0.906. The maximum atomic E-state index is 12.0. The normalized spacial score (nSPS) is 24.7. The van der Waals surface area contributed by atoms with Gasteiger partial charge < -0.3 is 14.6 Å². The average Bonchev–Trinajstić information content (AvgIpc) is 2.88. The average molecular weight is 501 g/mol. The first-order valence-corrected chi connectivity index (χ1v) is 8.66. The molecule has 0 amide bonds. The summed E-state index contributed by atoms with van der Waals surface area (Å²) in [6.07, 6.45) is -0.575. The van der Waals surface area contributed by atoms with Gasteiger partial charge in [-0.3, -0.25) is 19.1 Å². The van der Waals surface area contributed by atoms with E-state index in [2.05, 4.69) is 20.9 Å². The molecule has 10 heteroatoms. The Bertz CT molecular complexity index is 743. The third-order valence-corrected chi connectivity index (χ3v) is 5.44. The first-order chi connectivity index (χ1) is 10.9. The Labute approximate surface area is 152 Å². The largest absolute Gasteiger partial charge is 0.460 e. The van der Waals surface area contributed by atoms with Gasteiger partial charge in [-0.05, 0) is 20.0 Å². The van der Waals surface area contributed by atoms with Crippen LogP contribution in [0, 0.1) is 0 Å². The number of nitrogens with zero attached hydrogens (tertiary/aromatic N) is 1. The van der Waals surface area contributed by atoms with Crippen LogP contribution in [0.3, 0.4) is 0 Å². The summed E-state index contributed by atoms with van der Waals surface area (Å²) >= 11 is 5.20. The number of carbonyl (C=O) groups is 1. The summed E-state index contributed by atoms with van der Waals surface area (Å²) < 4.78 is 14.0. The van der Waals surface area contributed by atoms with Crippen LogP contribution in [0.25, 0.3) is 4.48 Å². The van der Waals surface area contributed by atoms with Gasteiger partial charge >= 0.3 is 11.7 Å². The molecule has 0 spiro atoms. The summed E-state index contributed by atoms with van der Waals surface area (Å²) in [6.45, 7) is 0.908. The Morgan fingerprint density at radius 2 is 2.35 bits per heavy atom. The minimum Gasteiger partial charge on any atom is -0.460 e. The zero-order chi connectivity index (χ0) is 17.1. The minimum absolute atomic E-state index is 0.196. The quantitative estimate of drug-likeness (QED) is 0.469. The van der Waals surface area contributed by atoms with Crippen LogP contribution in [0.1, 0.15) is 25.1 Å². The van der Waals surface area contributed by atoms with Crippen LogP contribution in [0.2, 0.25) is 0 Å². The highest BCUT2D eigenvalue weighted by molar-refractivity contribution is 14.1. The summed E-state index contributed by atoms with van der Waals surface area (Å²) in [4.78, 5) is 37.2. The molecule has 0 aliphatic carbocycles. The van der Waals surface area contributed by atoms with Crippen LogP contribution in [0.15, 0.2) is 19.9 Å². The Morgan fingerprint density at radius 1 is 1.65 bits per heavy atom. The van der Waals surface area contributed by atoms with E-state index in [9.17, 15) is 19.5 Å². The molecule has 1 aliphatic heterocycles. The lowest BCUT2D eigenvalue weighted by atomic mass is 10.2. The first kappa shape index (κ1) is 18.4. The maximum absolute atomic E-state index is 12.0. The van der Waals surface area contributed by atoms with Crippen LogP contribution in [0.5, 0.6) is 0 Å². The van der Waals surface area contributed by atoms with Crippen molar-refractivity contribution in [2.24, 2.45) is 0 Å². The molecule has 8 nitrogen and oxygen atoms in total. The van der Waals surface area contributed by atoms with Gasteiger partial charge in [0.25, 0.3) is 5.56 Å². The molecule has 1 aromatic heterocycles. The van der Waals surface area contributed by atoms with E-state index in [0.717, 1.165) is 0 Å². The first-order valence-electron chi connectivity index (χ1n) is 6.62. The third-order valence-electron chi connectivity index (χ3n) is 3.31. The van der Waals surface area contributed by atoms with Crippen LogP contribution < -0.4 is 11.2 Å². The standard InChI is InChI=1S/C13H14BrIN2O6/c1-6(19)22-9-2-11(23-10(9)5-18)17-4-7(8(14)3-15)12(20)16-13(17)21/h3-4,9-11,18H,2,5H2,1H3,(H,16,20,21)/b8-3+/t9-,10+,11+/m0/s1. The van der Waals surface area contributed by atoms with Gasteiger partial charge in [0.2, 0.25) is 0 Å². The summed E-state index contributed by atoms with van der Waals surface area (Å²) in [5, 5.41) is 9.33. The van der Waals surface area contributed by atoms with Crippen molar-refractivity contribution in [2.75, 3.05) is 6.61 Å². The van der Waals surface area contributed by atoms with Crippen LogP contribution >= 0.6 is 38.5 Å². The van der Waals surface area contributed by atoms with Crippen molar-refractivity contribution in [3.05, 3.63) is 36.7 Å². The Kier molecular flexibility index (Phi) is 6.17. The van der Waals surface area contributed by atoms with Gasteiger partial charge in [0.1, 0.15) is 18.4 Å². The molecule has 1 aliphatic rings. The fourth-order valence-corrected chi connectivity index (χ4v) is 2.92. The van der Waals surface area contributed by atoms with Crippen molar-refractivity contribution < 1.29 is 19.4 Å². The maximum Gasteiger partial charge on any atom is 0.330 e. The van der Waals surface area contributed by atoms with Crippen molar-refractivity contribution in [1.29, 1.82) is 0 Å². The molecule has 0 bridgehead atoms. The van der Waals surface area contributed by atoms with E-state index in [0.29, 0.717) is 4.48 Å². The van der Waals surface area contributed by atoms with E-state index in [1.807, 2.05) is 22.6 Å². The van der Waals surface area contributed by atoms with Gasteiger partial charge in [-0.2, -0.15) is 0 Å². The smallest absolute Gasteiger partial charge is 0.330 e. The third kappa shape index (κ3) is 4.11. The van der Waals surface area contributed by atoms with E-state index in [4.69, 9.17) is 9.47 Å². The molecule has 1 aromatic rings. The molecule has 0 radical (unpaired) electrons. The molecule has 2 rings (SSSR count). The Morgan fingerprint density at radius 3 is 2.91 bits per heavy atom. The van der Waals surface area contributed by atoms with Gasteiger partial charge in [-0.1, -0.05) is 22.6 Å². The predicted octanol–water partition coefficient (Wildman–Crippen LogP) is 0.876. The molecule has 1 saturated heterocycles.